The summed E-state index contributed by atoms with van der Waals surface area (Å²) >= 11 is 0. The Morgan fingerprint density at radius 2 is 1.78 bits per heavy atom. The van der Waals surface area contributed by atoms with E-state index in [4.69, 9.17) is 9.94 Å². The second-order valence-electron chi connectivity index (χ2n) is 5.23. The van der Waals surface area contributed by atoms with Crippen molar-refractivity contribution >= 4 is 21.8 Å². The fraction of sp³-hybridized carbons (Fsp3) is 0.467. The number of carbonyl (C=O) groups excluding carboxylic acids is 1. The molecule has 7 nitrogen and oxygen atoms in total. The Bertz CT molecular complexity index is 643. The van der Waals surface area contributed by atoms with Crippen molar-refractivity contribution in [2.75, 3.05) is 6.61 Å². The largest absolute Gasteiger partial charge is 0.475 e. The predicted molar refractivity (Wildman–Crippen MR) is 83.0 cm³/mol. The first-order chi connectivity index (χ1) is 10.7. The van der Waals surface area contributed by atoms with E-state index >= 15 is 0 Å². The summed E-state index contributed by atoms with van der Waals surface area (Å²) in [6.45, 7) is 5.01. The van der Waals surface area contributed by atoms with Gasteiger partial charge in [0.2, 0.25) is 0 Å². The average molecular weight is 343 g/mol. The van der Waals surface area contributed by atoms with Gasteiger partial charge in [-0.05, 0) is 25.0 Å². The van der Waals surface area contributed by atoms with Crippen LogP contribution < -0.4 is 0 Å². The SMILES string of the molecule is CCC(C)CON(C(C)C(=O)C(=O)O)S(=O)(=O)c1ccccc1. The summed E-state index contributed by atoms with van der Waals surface area (Å²) in [5.41, 5.74) is 0. The lowest BCUT2D eigenvalue weighted by Gasteiger charge is -2.26. The molecule has 0 heterocycles. The van der Waals surface area contributed by atoms with Crippen LogP contribution in [0.1, 0.15) is 27.2 Å². The van der Waals surface area contributed by atoms with Crippen LogP contribution in [0.5, 0.6) is 0 Å². The molecule has 0 aromatic heterocycles. The Kier molecular flexibility index (Phi) is 6.86. The molecule has 0 bridgehead atoms. The quantitative estimate of drug-likeness (QED) is 0.541. The van der Waals surface area contributed by atoms with Crippen molar-refractivity contribution in [3.63, 3.8) is 0 Å². The number of aliphatic carboxylic acids is 1. The van der Waals surface area contributed by atoms with Gasteiger partial charge >= 0.3 is 5.97 Å². The predicted octanol–water partition coefficient (Wildman–Crippen LogP) is 1.70. The van der Waals surface area contributed by atoms with Crippen LogP contribution in [-0.2, 0) is 24.4 Å². The van der Waals surface area contributed by atoms with Gasteiger partial charge in [0.05, 0.1) is 11.5 Å². The van der Waals surface area contributed by atoms with Crippen molar-refractivity contribution in [2.24, 2.45) is 5.92 Å². The molecule has 2 atom stereocenters. The monoisotopic (exact) mass is 343 g/mol. The zero-order chi connectivity index (χ0) is 17.6. The van der Waals surface area contributed by atoms with Gasteiger partial charge in [-0.3, -0.25) is 9.63 Å². The number of Topliss-reactive ketones (excluding diaryl/α,β-unsaturated/α-hetero) is 1. The number of ketones is 1. The summed E-state index contributed by atoms with van der Waals surface area (Å²) < 4.78 is 25.8. The molecule has 0 aliphatic heterocycles. The highest BCUT2D eigenvalue weighted by Gasteiger charge is 2.37. The molecule has 8 heteroatoms. The van der Waals surface area contributed by atoms with Gasteiger partial charge in [-0.1, -0.05) is 42.9 Å². The lowest BCUT2D eigenvalue weighted by atomic mass is 10.1. The maximum absolute atomic E-state index is 12.7. The zero-order valence-corrected chi connectivity index (χ0v) is 14.1. The molecule has 1 aromatic rings. The number of hydrogen-bond donors (Lipinski definition) is 1. The summed E-state index contributed by atoms with van der Waals surface area (Å²) in [5, 5.41) is 8.83. The van der Waals surface area contributed by atoms with Crippen molar-refractivity contribution in [3.05, 3.63) is 30.3 Å². The summed E-state index contributed by atoms with van der Waals surface area (Å²) in [6, 6.07) is 5.95. The first-order valence-corrected chi connectivity index (χ1v) is 8.65. The van der Waals surface area contributed by atoms with Crippen molar-refractivity contribution < 1.29 is 28.0 Å². The number of sulfonamides is 1. The van der Waals surface area contributed by atoms with E-state index in [1.165, 1.54) is 31.2 Å². The minimum atomic E-state index is -4.16. The van der Waals surface area contributed by atoms with Crippen molar-refractivity contribution in [1.29, 1.82) is 0 Å². The van der Waals surface area contributed by atoms with Gasteiger partial charge in [-0.2, -0.15) is 0 Å². The van der Waals surface area contributed by atoms with E-state index < -0.39 is 27.8 Å². The molecule has 0 amide bonds. The van der Waals surface area contributed by atoms with Gasteiger partial charge in [-0.15, -0.1) is 0 Å². The molecule has 128 valence electrons. The molecular formula is C15H21NO6S. The Morgan fingerprint density at radius 1 is 1.22 bits per heavy atom. The number of carboxylic acids is 1. The van der Waals surface area contributed by atoms with Gasteiger partial charge in [-0.25, -0.2) is 13.2 Å². The molecule has 0 saturated carbocycles. The van der Waals surface area contributed by atoms with Gasteiger partial charge in [0, 0.05) is 0 Å². The molecule has 1 N–H and O–H groups in total. The van der Waals surface area contributed by atoms with Gasteiger partial charge < -0.3 is 5.11 Å². The third-order valence-electron chi connectivity index (χ3n) is 3.37. The summed E-state index contributed by atoms with van der Waals surface area (Å²) in [4.78, 5) is 27.8. The molecule has 0 fully saturated rings. The third kappa shape index (κ3) is 4.85. The molecule has 0 spiro atoms. The van der Waals surface area contributed by atoms with Gasteiger partial charge in [0.25, 0.3) is 15.8 Å². The fourth-order valence-corrected chi connectivity index (χ4v) is 3.10. The van der Waals surface area contributed by atoms with Crippen LogP contribution in [0.15, 0.2) is 35.2 Å². The fourth-order valence-electron chi connectivity index (χ4n) is 1.68. The molecular weight excluding hydrogens is 322 g/mol. The minimum Gasteiger partial charge on any atom is -0.475 e. The molecule has 1 aromatic carbocycles. The Labute approximate surface area is 135 Å². The number of carboxylic acid groups (broad SMARTS) is 1. The maximum atomic E-state index is 12.7. The molecule has 0 aliphatic carbocycles. The van der Waals surface area contributed by atoms with Crippen LogP contribution in [0.2, 0.25) is 0 Å². The first-order valence-electron chi connectivity index (χ1n) is 7.21. The second kappa shape index (κ2) is 8.19. The normalized spacial score (nSPS) is 14.4. The van der Waals surface area contributed by atoms with Crippen LogP contribution >= 0.6 is 0 Å². The van der Waals surface area contributed by atoms with Gasteiger partial charge in [0.15, 0.2) is 0 Å². The molecule has 0 saturated heterocycles. The second-order valence-corrected chi connectivity index (χ2v) is 7.01. The van der Waals surface area contributed by atoms with Crippen LogP contribution in [0.25, 0.3) is 0 Å². The van der Waals surface area contributed by atoms with E-state index in [1.807, 2.05) is 13.8 Å². The van der Waals surface area contributed by atoms with Crippen LogP contribution in [0.4, 0.5) is 0 Å². The number of carbonyl (C=O) groups is 2. The Hall–Kier alpha value is -1.77. The molecule has 0 radical (unpaired) electrons. The van der Waals surface area contributed by atoms with Crippen LogP contribution in [-0.4, -0.2) is 42.4 Å². The highest BCUT2D eigenvalue weighted by atomic mass is 32.2. The van der Waals surface area contributed by atoms with E-state index in [0.717, 1.165) is 6.42 Å². The molecule has 23 heavy (non-hydrogen) atoms. The zero-order valence-electron chi connectivity index (χ0n) is 13.3. The van der Waals surface area contributed by atoms with E-state index in [2.05, 4.69) is 0 Å². The maximum Gasteiger partial charge on any atom is 0.374 e. The Balaban J connectivity index is 3.17. The summed E-state index contributed by atoms with van der Waals surface area (Å²) in [7, 11) is -4.16. The van der Waals surface area contributed by atoms with Gasteiger partial charge in [0.1, 0.15) is 6.04 Å². The number of hydroxylamine groups is 1. The standard InChI is InChI=1S/C15H21NO6S/c1-4-11(2)10-22-16(12(3)14(17)15(18)19)23(20,21)13-8-6-5-7-9-13/h5-9,11-12H,4,10H2,1-3H3,(H,18,19). The molecule has 0 aliphatic rings. The Morgan fingerprint density at radius 3 is 2.26 bits per heavy atom. The first kappa shape index (κ1) is 19.3. The van der Waals surface area contributed by atoms with E-state index in [9.17, 15) is 18.0 Å². The van der Waals surface area contributed by atoms with E-state index in [0.29, 0.717) is 4.47 Å². The van der Waals surface area contributed by atoms with Crippen molar-refractivity contribution in [3.8, 4) is 0 Å². The van der Waals surface area contributed by atoms with E-state index in [1.54, 1.807) is 6.07 Å². The van der Waals surface area contributed by atoms with Crippen molar-refractivity contribution in [2.45, 2.75) is 38.1 Å². The smallest absolute Gasteiger partial charge is 0.374 e. The lowest BCUT2D eigenvalue weighted by Crippen LogP contribution is -2.46. The van der Waals surface area contributed by atoms with Crippen LogP contribution in [0.3, 0.4) is 0 Å². The number of nitrogens with zero attached hydrogens (tertiary/aromatic N) is 1. The van der Waals surface area contributed by atoms with E-state index in [-0.39, 0.29) is 17.4 Å². The summed E-state index contributed by atoms with van der Waals surface area (Å²) in [5.74, 6) is -2.91. The lowest BCUT2D eigenvalue weighted by molar-refractivity contribution is -0.161. The highest BCUT2D eigenvalue weighted by Crippen LogP contribution is 2.20. The average Bonchev–Trinajstić information content (AvgIpc) is 2.54. The third-order valence-corrected chi connectivity index (χ3v) is 5.13. The number of hydrogen-bond acceptors (Lipinski definition) is 5. The van der Waals surface area contributed by atoms with Crippen LogP contribution in [0, 0.1) is 5.92 Å². The highest BCUT2D eigenvalue weighted by molar-refractivity contribution is 7.89. The van der Waals surface area contributed by atoms with Crippen molar-refractivity contribution in [1.82, 2.24) is 4.47 Å². The molecule has 2 unspecified atom stereocenters. The number of rotatable bonds is 9. The molecule has 1 rings (SSSR count). The topological polar surface area (TPSA) is 101 Å². The number of benzene rings is 1. The summed E-state index contributed by atoms with van der Waals surface area (Å²) in [6.07, 6.45) is 0.750. The minimum absolute atomic E-state index is 0.0515.